The molecule has 0 spiro atoms. The van der Waals surface area contributed by atoms with Crippen molar-refractivity contribution < 1.29 is 19.0 Å². The first-order chi connectivity index (χ1) is 9.70. The Bertz CT molecular complexity index is 464. The van der Waals surface area contributed by atoms with E-state index >= 15 is 0 Å². The topological polar surface area (TPSA) is 60.9 Å². The normalized spacial score (nSPS) is 15.9. The summed E-state index contributed by atoms with van der Waals surface area (Å²) in [5.74, 6) is -0.159. The number of halogens is 1. The number of methoxy groups -OCH3 is 1. The smallest absolute Gasteiger partial charge is 0.343 e. The fourth-order valence-corrected chi connectivity index (χ4v) is 2.23. The minimum absolute atomic E-state index is 0.299. The van der Waals surface area contributed by atoms with Crippen molar-refractivity contribution in [2.24, 2.45) is 0 Å². The van der Waals surface area contributed by atoms with Gasteiger partial charge in [0.1, 0.15) is 12.2 Å². The average Bonchev–Trinajstić information content (AvgIpc) is 2.49. The molecule has 1 saturated heterocycles. The molecule has 1 fully saturated rings. The second kappa shape index (κ2) is 7.56. The van der Waals surface area contributed by atoms with Crippen molar-refractivity contribution in [1.29, 1.82) is 0 Å². The van der Waals surface area contributed by atoms with Gasteiger partial charge < -0.3 is 14.2 Å². The Morgan fingerprint density at radius 1 is 1.50 bits per heavy atom. The number of ether oxygens (including phenoxy) is 3. The number of aromatic nitrogens is 1. The Labute approximate surface area is 126 Å². The zero-order valence-electron chi connectivity index (χ0n) is 11.3. The summed E-state index contributed by atoms with van der Waals surface area (Å²) in [7, 11) is 1.33. The Morgan fingerprint density at radius 3 is 2.95 bits per heavy atom. The molecule has 0 N–H and O–H groups in total. The number of carbonyl (C=O) groups is 1. The molecule has 0 aliphatic carbocycles. The van der Waals surface area contributed by atoms with Crippen LogP contribution in [0.2, 0.25) is 0 Å². The standard InChI is InChI=1S/C13H17BrN2O4/c1-18-13(17)11-8-10(14)9-15-12(11)20-7-4-16-2-5-19-6-3-16/h8-9H,2-7H2,1H3. The van der Waals surface area contributed by atoms with E-state index in [1.165, 1.54) is 7.11 Å². The van der Waals surface area contributed by atoms with Crippen LogP contribution in [0.25, 0.3) is 0 Å². The van der Waals surface area contributed by atoms with Crippen LogP contribution >= 0.6 is 15.9 Å². The SMILES string of the molecule is COC(=O)c1cc(Br)cnc1OCCN1CCOCC1. The van der Waals surface area contributed by atoms with Crippen LogP contribution in [-0.2, 0) is 9.47 Å². The van der Waals surface area contributed by atoms with Gasteiger partial charge in [0, 0.05) is 30.3 Å². The van der Waals surface area contributed by atoms with Crippen molar-refractivity contribution in [3.8, 4) is 5.88 Å². The molecule has 1 aromatic heterocycles. The number of morpholine rings is 1. The molecular formula is C13H17BrN2O4. The van der Waals surface area contributed by atoms with Crippen LogP contribution in [0.4, 0.5) is 0 Å². The molecule has 0 amide bonds. The molecule has 0 atom stereocenters. The monoisotopic (exact) mass is 344 g/mol. The maximum Gasteiger partial charge on any atom is 0.343 e. The third-order valence-electron chi connectivity index (χ3n) is 2.97. The van der Waals surface area contributed by atoms with Gasteiger partial charge in [0.05, 0.1) is 20.3 Å². The second-order valence-electron chi connectivity index (χ2n) is 4.30. The highest BCUT2D eigenvalue weighted by Gasteiger charge is 2.16. The molecule has 0 saturated carbocycles. The lowest BCUT2D eigenvalue weighted by molar-refractivity contribution is 0.0318. The molecule has 2 rings (SSSR count). The van der Waals surface area contributed by atoms with Crippen LogP contribution in [0.15, 0.2) is 16.7 Å². The van der Waals surface area contributed by atoms with Crippen molar-refractivity contribution in [2.75, 3.05) is 46.6 Å². The van der Waals surface area contributed by atoms with E-state index in [1.54, 1.807) is 12.3 Å². The zero-order chi connectivity index (χ0) is 14.4. The summed E-state index contributed by atoms with van der Waals surface area (Å²) < 4.78 is 16.3. The van der Waals surface area contributed by atoms with Crippen molar-refractivity contribution in [2.45, 2.75) is 0 Å². The number of hydrogen-bond donors (Lipinski definition) is 0. The Balaban J connectivity index is 1.92. The van der Waals surface area contributed by atoms with Crippen LogP contribution < -0.4 is 4.74 Å². The number of esters is 1. The van der Waals surface area contributed by atoms with Gasteiger partial charge in [0.25, 0.3) is 0 Å². The van der Waals surface area contributed by atoms with Crippen LogP contribution in [0.3, 0.4) is 0 Å². The molecule has 20 heavy (non-hydrogen) atoms. The number of hydrogen-bond acceptors (Lipinski definition) is 6. The first-order valence-electron chi connectivity index (χ1n) is 6.37. The summed E-state index contributed by atoms with van der Waals surface area (Å²) in [6.07, 6.45) is 1.59. The second-order valence-corrected chi connectivity index (χ2v) is 5.22. The Hall–Kier alpha value is -1.18. The molecule has 1 aliphatic heterocycles. The lowest BCUT2D eigenvalue weighted by Crippen LogP contribution is -2.38. The molecule has 7 heteroatoms. The van der Waals surface area contributed by atoms with Crippen LogP contribution in [0.1, 0.15) is 10.4 Å². The zero-order valence-corrected chi connectivity index (χ0v) is 12.9. The molecule has 110 valence electrons. The largest absolute Gasteiger partial charge is 0.476 e. The van der Waals surface area contributed by atoms with E-state index < -0.39 is 5.97 Å². The van der Waals surface area contributed by atoms with Gasteiger partial charge >= 0.3 is 5.97 Å². The molecule has 1 aromatic rings. The third-order valence-corrected chi connectivity index (χ3v) is 3.41. The maximum absolute atomic E-state index is 11.7. The van der Waals surface area contributed by atoms with Gasteiger partial charge in [0.2, 0.25) is 5.88 Å². The van der Waals surface area contributed by atoms with Crippen molar-refractivity contribution >= 4 is 21.9 Å². The summed E-state index contributed by atoms with van der Waals surface area (Å²) in [5.41, 5.74) is 0.323. The molecule has 6 nitrogen and oxygen atoms in total. The predicted octanol–water partition coefficient (Wildman–Crippen LogP) is 1.34. The van der Waals surface area contributed by atoms with E-state index in [0.29, 0.717) is 22.5 Å². The highest BCUT2D eigenvalue weighted by molar-refractivity contribution is 9.10. The van der Waals surface area contributed by atoms with E-state index in [9.17, 15) is 4.79 Å². The fraction of sp³-hybridized carbons (Fsp3) is 0.538. The predicted molar refractivity (Wildman–Crippen MR) is 76.0 cm³/mol. The van der Waals surface area contributed by atoms with E-state index in [4.69, 9.17) is 14.2 Å². The minimum Gasteiger partial charge on any atom is -0.476 e. The van der Waals surface area contributed by atoms with E-state index in [-0.39, 0.29) is 0 Å². The summed E-state index contributed by atoms with van der Waals surface area (Å²) in [6, 6.07) is 1.64. The molecule has 1 aliphatic rings. The van der Waals surface area contributed by atoms with Crippen LogP contribution in [-0.4, -0.2) is 62.4 Å². The van der Waals surface area contributed by atoms with Gasteiger partial charge in [-0.15, -0.1) is 0 Å². The minimum atomic E-state index is -0.458. The summed E-state index contributed by atoms with van der Waals surface area (Å²) >= 11 is 3.28. The van der Waals surface area contributed by atoms with Gasteiger partial charge in [-0.2, -0.15) is 0 Å². The van der Waals surface area contributed by atoms with Gasteiger partial charge in [-0.1, -0.05) is 0 Å². The van der Waals surface area contributed by atoms with Crippen molar-refractivity contribution in [3.05, 3.63) is 22.3 Å². The third kappa shape index (κ3) is 4.16. The lowest BCUT2D eigenvalue weighted by Gasteiger charge is -2.26. The highest BCUT2D eigenvalue weighted by Crippen LogP contribution is 2.20. The highest BCUT2D eigenvalue weighted by atomic mass is 79.9. The first-order valence-corrected chi connectivity index (χ1v) is 7.17. The molecule has 0 unspecified atom stereocenters. The summed E-state index contributed by atoms with van der Waals surface area (Å²) in [6.45, 7) is 4.57. The van der Waals surface area contributed by atoms with Gasteiger partial charge in [-0.05, 0) is 22.0 Å². The molecular weight excluding hydrogens is 328 g/mol. The first kappa shape index (κ1) is 15.2. The van der Waals surface area contributed by atoms with E-state index in [2.05, 4.69) is 25.8 Å². The Kier molecular flexibility index (Phi) is 5.75. The lowest BCUT2D eigenvalue weighted by atomic mass is 10.3. The number of rotatable bonds is 5. The average molecular weight is 345 g/mol. The summed E-state index contributed by atoms with van der Waals surface area (Å²) in [4.78, 5) is 18.0. The van der Waals surface area contributed by atoms with Crippen LogP contribution in [0, 0.1) is 0 Å². The molecule has 0 radical (unpaired) electrons. The van der Waals surface area contributed by atoms with Gasteiger partial charge in [0.15, 0.2) is 0 Å². The number of carbonyl (C=O) groups excluding carboxylic acids is 1. The van der Waals surface area contributed by atoms with Gasteiger partial charge in [-0.25, -0.2) is 9.78 Å². The molecule has 0 bridgehead atoms. The molecule has 2 heterocycles. The van der Waals surface area contributed by atoms with E-state index in [1.807, 2.05) is 0 Å². The van der Waals surface area contributed by atoms with Crippen molar-refractivity contribution in [3.63, 3.8) is 0 Å². The Morgan fingerprint density at radius 2 is 2.25 bits per heavy atom. The fourth-order valence-electron chi connectivity index (χ4n) is 1.89. The number of pyridine rings is 1. The maximum atomic E-state index is 11.7. The van der Waals surface area contributed by atoms with Crippen molar-refractivity contribution in [1.82, 2.24) is 9.88 Å². The quantitative estimate of drug-likeness (QED) is 0.751. The summed E-state index contributed by atoms with van der Waals surface area (Å²) in [5, 5.41) is 0. The molecule has 0 aromatic carbocycles. The van der Waals surface area contributed by atoms with Gasteiger partial charge in [-0.3, -0.25) is 4.90 Å². The van der Waals surface area contributed by atoms with E-state index in [0.717, 1.165) is 32.8 Å². The van der Waals surface area contributed by atoms with Crippen LogP contribution in [0.5, 0.6) is 5.88 Å². The number of nitrogens with zero attached hydrogens (tertiary/aromatic N) is 2.